The Bertz CT molecular complexity index is 1100. The van der Waals surface area contributed by atoms with Gasteiger partial charge in [-0.15, -0.1) is 0 Å². The van der Waals surface area contributed by atoms with Crippen LogP contribution in [0, 0.1) is 5.82 Å². The van der Waals surface area contributed by atoms with Crippen molar-refractivity contribution in [2.75, 3.05) is 27.9 Å². The summed E-state index contributed by atoms with van der Waals surface area (Å²) in [5.41, 5.74) is 1.20. The second-order valence-corrected chi connectivity index (χ2v) is 6.46. The SMILES string of the molecule is COc1cc(C(=O)NCCn2nc(-c3ccc(F)cc3)ccc2=O)cc(OC)c1OC. The number of hydrogen-bond donors (Lipinski definition) is 1. The topological polar surface area (TPSA) is 91.7 Å². The van der Waals surface area contributed by atoms with E-state index in [-0.39, 0.29) is 30.4 Å². The summed E-state index contributed by atoms with van der Waals surface area (Å²) >= 11 is 0. The highest BCUT2D eigenvalue weighted by molar-refractivity contribution is 5.95. The van der Waals surface area contributed by atoms with Crippen LogP contribution in [0.2, 0.25) is 0 Å². The summed E-state index contributed by atoms with van der Waals surface area (Å²) in [6.07, 6.45) is 0. The molecule has 9 heteroatoms. The molecule has 1 amide bonds. The fourth-order valence-corrected chi connectivity index (χ4v) is 2.97. The monoisotopic (exact) mass is 427 g/mol. The van der Waals surface area contributed by atoms with Gasteiger partial charge in [-0.2, -0.15) is 5.10 Å². The average molecular weight is 427 g/mol. The molecule has 0 atom stereocenters. The average Bonchev–Trinajstić information content (AvgIpc) is 2.79. The molecule has 0 unspecified atom stereocenters. The van der Waals surface area contributed by atoms with Crippen molar-refractivity contribution in [2.45, 2.75) is 6.54 Å². The number of carbonyl (C=O) groups excluding carboxylic acids is 1. The molecular weight excluding hydrogens is 405 g/mol. The lowest BCUT2D eigenvalue weighted by atomic mass is 10.1. The Labute approximate surface area is 178 Å². The zero-order chi connectivity index (χ0) is 22.4. The van der Waals surface area contributed by atoms with E-state index in [1.165, 1.54) is 56.3 Å². The van der Waals surface area contributed by atoms with Gasteiger partial charge in [-0.1, -0.05) is 0 Å². The second kappa shape index (κ2) is 9.75. The lowest BCUT2D eigenvalue weighted by Crippen LogP contribution is -2.32. The largest absolute Gasteiger partial charge is 0.493 e. The van der Waals surface area contributed by atoms with Crippen LogP contribution < -0.4 is 25.1 Å². The molecule has 8 nitrogen and oxygen atoms in total. The van der Waals surface area contributed by atoms with Gasteiger partial charge in [-0.05, 0) is 42.5 Å². The first kappa shape index (κ1) is 21.8. The fraction of sp³-hybridized carbons (Fsp3) is 0.227. The van der Waals surface area contributed by atoms with Gasteiger partial charge in [0.05, 0.1) is 33.6 Å². The summed E-state index contributed by atoms with van der Waals surface area (Å²) < 4.78 is 30.1. The molecule has 162 valence electrons. The van der Waals surface area contributed by atoms with Gasteiger partial charge in [0.15, 0.2) is 11.5 Å². The van der Waals surface area contributed by atoms with Gasteiger partial charge >= 0.3 is 0 Å². The summed E-state index contributed by atoms with van der Waals surface area (Å²) in [4.78, 5) is 24.7. The first-order valence-corrected chi connectivity index (χ1v) is 9.39. The molecule has 1 heterocycles. The minimum atomic E-state index is -0.373. The van der Waals surface area contributed by atoms with Crippen LogP contribution in [0.15, 0.2) is 53.3 Å². The van der Waals surface area contributed by atoms with E-state index < -0.39 is 0 Å². The smallest absolute Gasteiger partial charge is 0.266 e. The molecule has 0 bridgehead atoms. The van der Waals surface area contributed by atoms with Gasteiger partial charge in [0.1, 0.15) is 5.82 Å². The normalized spacial score (nSPS) is 10.5. The molecule has 0 fully saturated rings. The lowest BCUT2D eigenvalue weighted by molar-refractivity contribution is 0.0951. The minimum absolute atomic E-state index is 0.157. The maximum atomic E-state index is 13.1. The Morgan fingerprint density at radius 1 is 1.00 bits per heavy atom. The summed E-state index contributed by atoms with van der Waals surface area (Å²) in [6.45, 7) is 0.319. The van der Waals surface area contributed by atoms with Crippen LogP contribution in [-0.4, -0.2) is 43.6 Å². The van der Waals surface area contributed by atoms with E-state index in [1.807, 2.05) is 0 Å². The predicted molar refractivity (Wildman–Crippen MR) is 112 cm³/mol. The summed E-state index contributed by atoms with van der Waals surface area (Å²) in [7, 11) is 4.40. The Morgan fingerprint density at radius 3 is 2.23 bits per heavy atom. The number of benzene rings is 2. The molecule has 0 aliphatic carbocycles. The number of rotatable bonds is 8. The Kier molecular flexibility index (Phi) is 6.86. The van der Waals surface area contributed by atoms with E-state index in [1.54, 1.807) is 18.2 Å². The van der Waals surface area contributed by atoms with Crippen molar-refractivity contribution in [1.82, 2.24) is 15.1 Å². The van der Waals surface area contributed by atoms with Crippen molar-refractivity contribution < 1.29 is 23.4 Å². The number of nitrogens with zero attached hydrogens (tertiary/aromatic N) is 2. The molecule has 1 aromatic heterocycles. The number of hydrogen-bond acceptors (Lipinski definition) is 6. The van der Waals surface area contributed by atoms with Gasteiger partial charge in [0, 0.05) is 23.7 Å². The van der Waals surface area contributed by atoms with Gasteiger partial charge in [0.2, 0.25) is 5.75 Å². The summed E-state index contributed by atoms with van der Waals surface area (Å²) in [5.74, 6) is 0.372. The molecule has 0 spiro atoms. The van der Waals surface area contributed by atoms with E-state index in [0.717, 1.165) is 0 Å². The quantitative estimate of drug-likeness (QED) is 0.594. The predicted octanol–water partition coefficient (Wildman–Crippen LogP) is 2.51. The molecule has 2 aromatic carbocycles. The number of carbonyl (C=O) groups is 1. The highest BCUT2D eigenvalue weighted by Gasteiger charge is 2.17. The van der Waals surface area contributed by atoms with E-state index in [2.05, 4.69) is 10.4 Å². The van der Waals surface area contributed by atoms with Crippen LogP contribution in [0.25, 0.3) is 11.3 Å². The number of amides is 1. The van der Waals surface area contributed by atoms with Crippen LogP contribution in [0.1, 0.15) is 10.4 Å². The molecular formula is C22H22FN3O5. The van der Waals surface area contributed by atoms with Crippen molar-refractivity contribution in [3.05, 3.63) is 70.3 Å². The number of nitrogens with one attached hydrogen (secondary N) is 1. The minimum Gasteiger partial charge on any atom is -0.493 e. The third-order valence-corrected chi connectivity index (χ3v) is 4.54. The first-order valence-electron chi connectivity index (χ1n) is 9.39. The molecule has 0 radical (unpaired) electrons. The molecule has 0 saturated heterocycles. The Balaban J connectivity index is 1.71. The van der Waals surface area contributed by atoms with E-state index in [0.29, 0.717) is 34.1 Å². The molecule has 0 saturated carbocycles. The molecule has 0 aliphatic heterocycles. The van der Waals surface area contributed by atoms with E-state index in [9.17, 15) is 14.0 Å². The molecule has 0 aliphatic rings. The van der Waals surface area contributed by atoms with E-state index >= 15 is 0 Å². The van der Waals surface area contributed by atoms with Crippen LogP contribution in [0.3, 0.4) is 0 Å². The summed E-state index contributed by atoms with van der Waals surface area (Å²) in [5, 5.41) is 7.03. The third-order valence-electron chi connectivity index (χ3n) is 4.54. The second-order valence-electron chi connectivity index (χ2n) is 6.46. The van der Waals surface area contributed by atoms with Gasteiger partial charge in [-0.25, -0.2) is 9.07 Å². The first-order chi connectivity index (χ1) is 15.0. The van der Waals surface area contributed by atoms with Crippen molar-refractivity contribution in [3.63, 3.8) is 0 Å². The Hall–Kier alpha value is -3.88. The van der Waals surface area contributed by atoms with Gasteiger partial charge < -0.3 is 19.5 Å². The highest BCUT2D eigenvalue weighted by Crippen LogP contribution is 2.38. The highest BCUT2D eigenvalue weighted by atomic mass is 19.1. The molecule has 1 N–H and O–H groups in total. The number of methoxy groups -OCH3 is 3. The van der Waals surface area contributed by atoms with Crippen molar-refractivity contribution in [2.24, 2.45) is 0 Å². The van der Waals surface area contributed by atoms with Gasteiger partial charge in [0.25, 0.3) is 11.5 Å². The molecule has 3 aromatic rings. The van der Waals surface area contributed by atoms with Crippen LogP contribution in [0.5, 0.6) is 17.2 Å². The van der Waals surface area contributed by atoms with Crippen LogP contribution >= 0.6 is 0 Å². The fourth-order valence-electron chi connectivity index (χ4n) is 2.97. The van der Waals surface area contributed by atoms with Crippen molar-refractivity contribution in [3.8, 4) is 28.5 Å². The van der Waals surface area contributed by atoms with Crippen molar-refractivity contribution >= 4 is 5.91 Å². The number of halogens is 1. The van der Waals surface area contributed by atoms with Crippen LogP contribution in [-0.2, 0) is 6.54 Å². The number of aromatic nitrogens is 2. The number of ether oxygens (including phenoxy) is 3. The molecule has 3 rings (SSSR count). The van der Waals surface area contributed by atoms with Crippen LogP contribution in [0.4, 0.5) is 4.39 Å². The van der Waals surface area contributed by atoms with Gasteiger partial charge in [-0.3, -0.25) is 9.59 Å². The molecule has 31 heavy (non-hydrogen) atoms. The maximum absolute atomic E-state index is 13.1. The third kappa shape index (κ3) is 5.00. The van der Waals surface area contributed by atoms with E-state index in [4.69, 9.17) is 14.2 Å². The lowest BCUT2D eigenvalue weighted by Gasteiger charge is -2.14. The zero-order valence-corrected chi connectivity index (χ0v) is 17.3. The maximum Gasteiger partial charge on any atom is 0.266 e. The standard InChI is InChI=1S/C22H22FN3O5/c1-29-18-12-15(13-19(30-2)21(18)31-3)22(28)24-10-11-26-20(27)9-8-17(25-26)14-4-6-16(23)7-5-14/h4-9,12-13H,10-11H2,1-3H3,(H,24,28). The zero-order valence-electron chi connectivity index (χ0n) is 17.3. The van der Waals surface area contributed by atoms with Crippen molar-refractivity contribution in [1.29, 1.82) is 0 Å². The summed E-state index contributed by atoms with van der Waals surface area (Å²) in [6, 6.07) is 11.8. The Morgan fingerprint density at radius 2 is 1.65 bits per heavy atom.